The average Bonchev–Trinajstić information content (AvgIpc) is 3.12. The highest BCUT2D eigenvalue weighted by Crippen LogP contribution is 2.65. The summed E-state index contributed by atoms with van der Waals surface area (Å²) in [4.78, 5) is 13.3. The highest BCUT2D eigenvalue weighted by molar-refractivity contribution is 5.77. The number of carbonyl (C=O) groups is 1. The van der Waals surface area contributed by atoms with Crippen molar-refractivity contribution >= 4 is 5.97 Å². The molecule has 33 heavy (non-hydrogen) atoms. The van der Waals surface area contributed by atoms with Crippen LogP contribution in [-0.4, -0.2) is 30.4 Å². The Morgan fingerprint density at radius 3 is 2.58 bits per heavy atom. The molecule has 188 valence electrons. The number of ether oxygens (including phenoxy) is 2. The topological polar surface area (TPSA) is 55.8 Å². The van der Waals surface area contributed by atoms with Gasteiger partial charge in [0, 0.05) is 24.5 Å². The molecule has 0 aromatic heterocycles. The molecular weight excluding hydrogens is 412 g/mol. The van der Waals surface area contributed by atoms with Crippen LogP contribution in [0.2, 0.25) is 0 Å². The van der Waals surface area contributed by atoms with Crippen molar-refractivity contribution in [1.29, 1.82) is 0 Å². The highest BCUT2D eigenvalue weighted by Gasteiger charge is 2.59. The van der Waals surface area contributed by atoms with Crippen LogP contribution in [0.25, 0.3) is 0 Å². The second-order valence-corrected chi connectivity index (χ2v) is 12.6. The number of esters is 1. The third-order valence-corrected chi connectivity index (χ3v) is 10.2. The van der Waals surface area contributed by atoms with Gasteiger partial charge in [0.25, 0.3) is 0 Å². The molecule has 0 radical (unpaired) electrons. The Balaban J connectivity index is 1.49. The van der Waals surface area contributed by atoms with E-state index in [1.165, 1.54) is 44.1 Å². The van der Waals surface area contributed by atoms with Gasteiger partial charge in [-0.05, 0) is 80.1 Å². The lowest BCUT2D eigenvalue weighted by atomic mass is 9.54. The van der Waals surface area contributed by atoms with Gasteiger partial charge in [-0.3, -0.25) is 4.79 Å². The smallest absolute Gasteiger partial charge is 0.315 e. The van der Waals surface area contributed by atoms with Crippen molar-refractivity contribution in [2.45, 2.75) is 111 Å². The Morgan fingerprint density at radius 1 is 1.06 bits per heavy atom. The molecule has 4 rings (SSSR count). The van der Waals surface area contributed by atoms with Crippen LogP contribution in [0.1, 0.15) is 105 Å². The lowest BCUT2D eigenvalue weighted by Gasteiger charge is -2.53. The summed E-state index contributed by atoms with van der Waals surface area (Å²) >= 11 is 0. The summed E-state index contributed by atoms with van der Waals surface area (Å²) in [6.45, 7) is 12.7. The van der Waals surface area contributed by atoms with Gasteiger partial charge in [0.1, 0.15) is 5.76 Å². The van der Waals surface area contributed by atoms with Crippen LogP contribution in [-0.2, 0) is 14.3 Å². The monoisotopic (exact) mass is 460 g/mol. The van der Waals surface area contributed by atoms with Gasteiger partial charge in [0.2, 0.25) is 0 Å². The Hall–Kier alpha value is -0.870. The minimum atomic E-state index is -0.0827. The van der Waals surface area contributed by atoms with E-state index in [1.54, 1.807) is 0 Å². The fraction of sp³-hybridized carbons (Fsp3) is 0.897. The van der Waals surface area contributed by atoms with Crippen molar-refractivity contribution in [2.24, 2.45) is 40.4 Å². The van der Waals surface area contributed by atoms with Gasteiger partial charge >= 0.3 is 5.97 Å². The van der Waals surface area contributed by atoms with Crippen LogP contribution in [0.15, 0.2) is 11.3 Å². The maximum absolute atomic E-state index is 13.3. The second-order valence-electron chi connectivity index (χ2n) is 12.6. The Bertz CT molecular complexity index is 742. The van der Waals surface area contributed by atoms with Gasteiger partial charge < -0.3 is 14.6 Å². The average molecular weight is 461 g/mol. The van der Waals surface area contributed by atoms with Gasteiger partial charge in [0.05, 0.1) is 12.0 Å². The first-order valence-electron chi connectivity index (χ1n) is 13.9. The van der Waals surface area contributed by atoms with Gasteiger partial charge in [-0.2, -0.15) is 0 Å². The molecule has 2 saturated carbocycles. The quantitative estimate of drug-likeness (QED) is 0.309. The molecule has 0 unspecified atom stereocenters. The zero-order chi connectivity index (χ0) is 23.8. The number of allylic oxidation sites excluding steroid dienone is 2. The fourth-order valence-corrected chi connectivity index (χ4v) is 8.10. The lowest BCUT2D eigenvalue weighted by Crippen LogP contribution is -2.50. The molecule has 1 N–H and O–H groups in total. The molecule has 0 amide bonds. The minimum absolute atomic E-state index is 0.00982. The summed E-state index contributed by atoms with van der Waals surface area (Å²) in [5.74, 6) is 3.68. The molecule has 0 aromatic rings. The maximum atomic E-state index is 13.3. The number of aliphatic hydroxyl groups excluding tert-OH is 1. The molecule has 4 aliphatic rings. The van der Waals surface area contributed by atoms with Crippen molar-refractivity contribution in [3.8, 4) is 0 Å². The maximum Gasteiger partial charge on any atom is 0.315 e. The van der Waals surface area contributed by atoms with Gasteiger partial charge in [0.15, 0.2) is 0 Å². The summed E-state index contributed by atoms with van der Waals surface area (Å²) < 4.78 is 12.3. The number of hydrogen-bond acceptors (Lipinski definition) is 4. The Kier molecular flexibility index (Phi) is 7.65. The number of hydrogen-bond donors (Lipinski definition) is 1. The van der Waals surface area contributed by atoms with Crippen molar-refractivity contribution in [3.05, 3.63) is 11.3 Å². The number of fused-ring (bicyclic) bond motifs is 4. The molecule has 1 heterocycles. The van der Waals surface area contributed by atoms with Crippen molar-refractivity contribution in [3.63, 3.8) is 0 Å². The molecule has 0 saturated heterocycles. The molecule has 0 aromatic carbocycles. The molecular formula is C29H48O4. The molecule has 4 nitrogen and oxygen atoms in total. The molecule has 0 bridgehead atoms. The van der Waals surface area contributed by atoms with Gasteiger partial charge in [-0.1, -0.05) is 53.9 Å². The standard InChI is InChI=1S/C29H48O4/c1-19(2)8-6-9-20(3)22-10-11-23-26-24(13-15-28(22,23)4)29(5)14-12-21(32-17-7-16-30)18-25(29)27(31)33-26/h19-23,25,30H,6-18H2,1-5H3/t20-,21+,22-,23+,25-,28-,29-/m1/s1. The highest BCUT2D eigenvalue weighted by atomic mass is 16.5. The predicted molar refractivity (Wildman–Crippen MR) is 131 cm³/mol. The normalized spacial score (nSPS) is 39.2. The van der Waals surface area contributed by atoms with E-state index in [9.17, 15) is 4.79 Å². The van der Waals surface area contributed by atoms with E-state index in [0.29, 0.717) is 18.9 Å². The van der Waals surface area contributed by atoms with Crippen LogP contribution in [0.3, 0.4) is 0 Å². The number of rotatable bonds is 9. The second kappa shape index (κ2) is 10.0. The van der Waals surface area contributed by atoms with E-state index < -0.39 is 0 Å². The zero-order valence-corrected chi connectivity index (χ0v) is 21.8. The fourth-order valence-electron chi connectivity index (χ4n) is 8.10. The van der Waals surface area contributed by atoms with Crippen molar-refractivity contribution in [1.82, 2.24) is 0 Å². The third kappa shape index (κ3) is 4.68. The molecule has 3 aliphatic carbocycles. The molecule has 0 spiro atoms. The van der Waals surface area contributed by atoms with E-state index in [0.717, 1.165) is 49.2 Å². The zero-order valence-electron chi connectivity index (χ0n) is 21.8. The van der Waals surface area contributed by atoms with Crippen LogP contribution in [0.4, 0.5) is 0 Å². The third-order valence-electron chi connectivity index (χ3n) is 10.2. The van der Waals surface area contributed by atoms with E-state index >= 15 is 0 Å². The van der Waals surface area contributed by atoms with Crippen LogP contribution < -0.4 is 0 Å². The van der Waals surface area contributed by atoms with E-state index in [2.05, 4.69) is 34.6 Å². The number of aliphatic hydroxyl groups is 1. The van der Waals surface area contributed by atoms with Gasteiger partial charge in [-0.15, -0.1) is 0 Å². The van der Waals surface area contributed by atoms with E-state index in [-0.39, 0.29) is 35.4 Å². The summed E-state index contributed by atoms with van der Waals surface area (Å²) in [5, 5.41) is 9.05. The Labute approximate surface area is 201 Å². The van der Waals surface area contributed by atoms with E-state index in [4.69, 9.17) is 14.6 Å². The summed E-state index contributed by atoms with van der Waals surface area (Å²) in [6.07, 6.45) is 12.3. The molecule has 7 atom stereocenters. The summed E-state index contributed by atoms with van der Waals surface area (Å²) in [7, 11) is 0. The van der Waals surface area contributed by atoms with Crippen molar-refractivity contribution < 1.29 is 19.4 Å². The van der Waals surface area contributed by atoms with Crippen LogP contribution in [0, 0.1) is 40.4 Å². The first kappa shape index (κ1) is 25.2. The number of carbonyl (C=O) groups excluding carboxylic acids is 1. The van der Waals surface area contributed by atoms with Gasteiger partial charge in [-0.25, -0.2) is 0 Å². The minimum Gasteiger partial charge on any atom is -0.431 e. The first-order valence-corrected chi connectivity index (χ1v) is 13.9. The van der Waals surface area contributed by atoms with Crippen LogP contribution in [0.5, 0.6) is 0 Å². The Morgan fingerprint density at radius 2 is 1.85 bits per heavy atom. The summed E-state index contributed by atoms with van der Waals surface area (Å²) in [5.41, 5.74) is 1.67. The van der Waals surface area contributed by atoms with Crippen molar-refractivity contribution in [2.75, 3.05) is 13.2 Å². The molecule has 1 aliphatic heterocycles. The SMILES string of the molecule is CC(C)CCC[C@@H](C)[C@H]1CC[C@H]2C3=C(CC[C@]12C)[C@@]1(C)CC[C@H](OCCCO)C[C@@H]1C(=O)O3. The molecule has 2 fully saturated rings. The first-order chi connectivity index (χ1) is 15.7. The van der Waals surface area contributed by atoms with Crippen LogP contribution >= 0.6 is 0 Å². The lowest BCUT2D eigenvalue weighted by molar-refractivity contribution is -0.160. The van der Waals surface area contributed by atoms with E-state index in [1.807, 2.05) is 0 Å². The molecule has 4 heteroatoms. The predicted octanol–water partition coefficient (Wildman–Crippen LogP) is 6.66. The summed E-state index contributed by atoms with van der Waals surface area (Å²) in [6, 6.07) is 0. The largest absolute Gasteiger partial charge is 0.431 e.